The van der Waals surface area contributed by atoms with E-state index in [0.717, 1.165) is 24.7 Å². The summed E-state index contributed by atoms with van der Waals surface area (Å²) in [6.07, 6.45) is 0.649. The molecule has 0 heterocycles. The summed E-state index contributed by atoms with van der Waals surface area (Å²) in [5, 5.41) is 2.98. The lowest BCUT2D eigenvalue weighted by Gasteiger charge is -2.17. The Morgan fingerprint density at radius 2 is 2.00 bits per heavy atom. The van der Waals surface area contributed by atoms with E-state index in [2.05, 4.69) is 5.32 Å². The van der Waals surface area contributed by atoms with Crippen molar-refractivity contribution in [2.75, 3.05) is 6.54 Å². The number of nitrogens with one attached hydrogen (secondary N) is 1. The third kappa shape index (κ3) is 4.14. The molecule has 3 atom stereocenters. The van der Waals surface area contributed by atoms with Crippen LogP contribution >= 0.6 is 0 Å². The van der Waals surface area contributed by atoms with Gasteiger partial charge in [0.25, 0.3) is 0 Å². The van der Waals surface area contributed by atoms with Crippen LogP contribution in [0.3, 0.4) is 0 Å². The van der Waals surface area contributed by atoms with Crippen LogP contribution in [0.4, 0.5) is 8.78 Å². The van der Waals surface area contributed by atoms with Crippen molar-refractivity contribution >= 4 is 10.8 Å². The van der Waals surface area contributed by atoms with Gasteiger partial charge < -0.3 is 5.32 Å². The van der Waals surface area contributed by atoms with Gasteiger partial charge in [-0.2, -0.15) is 0 Å². The van der Waals surface area contributed by atoms with E-state index < -0.39 is 22.4 Å². The Morgan fingerprint density at radius 1 is 1.33 bits per heavy atom. The predicted octanol–water partition coefficient (Wildman–Crippen LogP) is 2.85. The smallest absolute Gasteiger partial charge is 0.139 e. The van der Waals surface area contributed by atoms with Crippen molar-refractivity contribution in [2.45, 2.75) is 43.4 Å². The lowest BCUT2D eigenvalue weighted by atomic mass is 10.2. The van der Waals surface area contributed by atoms with Crippen LogP contribution < -0.4 is 5.32 Å². The van der Waals surface area contributed by atoms with Crippen LogP contribution in [0, 0.1) is 11.6 Å². The van der Waals surface area contributed by atoms with Crippen LogP contribution in [0.25, 0.3) is 0 Å². The molecule has 0 aliphatic heterocycles. The molecular weight excluding hydrogens is 256 g/mol. The molecular formula is C13H19F2NOS. The van der Waals surface area contributed by atoms with Crippen LogP contribution in [0.15, 0.2) is 23.1 Å². The van der Waals surface area contributed by atoms with Gasteiger partial charge in [-0.25, -0.2) is 8.78 Å². The average molecular weight is 275 g/mol. The van der Waals surface area contributed by atoms with E-state index in [1.165, 1.54) is 0 Å². The summed E-state index contributed by atoms with van der Waals surface area (Å²) >= 11 is 0. The topological polar surface area (TPSA) is 29.1 Å². The number of hydrogen-bond acceptors (Lipinski definition) is 2. The third-order valence-electron chi connectivity index (χ3n) is 2.71. The fourth-order valence-corrected chi connectivity index (χ4v) is 3.25. The number of rotatable bonds is 6. The third-order valence-corrected chi connectivity index (χ3v) is 4.38. The van der Waals surface area contributed by atoms with Crippen LogP contribution in [-0.4, -0.2) is 22.0 Å². The highest BCUT2D eigenvalue weighted by atomic mass is 32.2. The molecule has 0 saturated heterocycles. The molecule has 1 aromatic carbocycles. The van der Waals surface area contributed by atoms with E-state index >= 15 is 0 Å². The molecule has 5 heteroatoms. The van der Waals surface area contributed by atoms with Gasteiger partial charge in [-0.1, -0.05) is 13.8 Å². The summed E-state index contributed by atoms with van der Waals surface area (Å²) < 4.78 is 38.7. The molecule has 0 aromatic heterocycles. The normalized spacial score (nSPS) is 16.3. The molecule has 2 nitrogen and oxygen atoms in total. The van der Waals surface area contributed by atoms with E-state index in [1.807, 2.05) is 13.8 Å². The van der Waals surface area contributed by atoms with Gasteiger partial charge in [0.05, 0.1) is 15.7 Å². The minimum atomic E-state index is -1.53. The van der Waals surface area contributed by atoms with Crippen molar-refractivity contribution in [3.05, 3.63) is 29.8 Å². The second kappa shape index (κ2) is 6.95. The highest BCUT2D eigenvalue weighted by Crippen LogP contribution is 2.19. The minimum Gasteiger partial charge on any atom is -0.314 e. The van der Waals surface area contributed by atoms with Crippen LogP contribution in [-0.2, 0) is 10.8 Å². The van der Waals surface area contributed by atoms with Gasteiger partial charge in [-0.3, -0.25) is 4.21 Å². The molecule has 0 aliphatic carbocycles. The molecule has 0 amide bonds. The molecule has 18 heavy (non-hydrogen) atoms. The van der Waals surface area contributed by atoms with Gasteiger partial charge >= 0.3 is 0 Å². The molecule has 1 N–H and O–H groups in total. The first-order valence-electron chi connectivity index (χ1n) is 6.04. The number of hydrogen-bond donors (Lipinski definition) is 1. The van der Waals surface area contributed by atoms with E-state index in [-0.39, 0.29) is 16.2 Å². The zero-order chi connectivity index (χ0) is 13.7. The van der Waals surface area contributed by atoms with E-state index in [0.29, 0.717) is 6.42 Å². The SMILES string of the molecule is CCNC(C)CC(C)S(=O)c1cc(F)ccc1F. The Balaban J connectivity index is 2.77. The molecule has 0 spiro atoms. The Hall–Kier alpha value is -0.810. The molecule has 3 unspecified atom stereocenters. The maximum atomic E-state index is 13.5. The summed E-state index contributed by atoms with van der Waals surface area (Å²) in [6.45, 7) is 6.59. The zero-order valence-corrected chi connectivity index (χ0v) is 11.7. The van der Waals surface area contributed by atoms with Crippen molar-refractivity contribution in [3.8, 4) is 0 Å². The van der Waals surface area contributed by atoms with Gasteiger partial charge in [-0.15, -0.1) is 0 Å². The van der Waals surface area contributed by atoms with Gasteiger partial charge in [0, 0.05) is 11.3 Å². The molecule has 0 fully saturated rings. The molecule has 0 saturated carbocycles. The zero-order valence-electron chi connectivity index (χ0n) is 10.9. The van der Waals surface area contributed by atoms with E-state index in [1.54, 1.807) is 6.92 Å². The predicted molar refractivity (Wildman–Crippen MR) is 70.0 cm³/mol. The summed E-state index contributed by atoms with van der Waals surface area (Å²) in [4.78, 5) is -0.0498. The summed E-state index contributed by atoms with van der Waals surface area (Å²) in [5.74, 6) is -1.18. The summed E-state index contributed by atoms with van der Waals surface area (Å²) in [7, 11) is -1.53. The van der Waals surface area contributed by atoms with Gasteiger partial charge in [0.2, 0.25) is 0 Å². The Bertz CT molecular complexity index is 425. The molecule has 0 radical (unpaired) electrons. The quantitative estimate of drug-likeness (QED) is 0.865. The van der Waals surface area contributed by atoms with Gasteiger partial charge in [0.1, 0.15) is 11.6 Å². The van der Waals surface area contributed by atoms with Crippen molar-refractivity contribution in [3.63, 3.8) is 0 Å². The largest absolute Gasteiger partial charge is 0.314 e. The Kier molecular flexibility index (Phi) is 5.88. The monoisotopic (exact) mass is 275 g/mol. The first-order valence-corrected chi connectivity index (χ1v) is 7.26. The fourth-order valence-electron chi connectivity index (χ4n) is 1.87. The first kappa shape index (κ1) is 15.2. The average Bonchev–Trinajstić information content (AvgIpc) is 2.31. The number of benzene rings is 1. The van der Waals surface area contributed by atoms with E-state index in [4.69, 9.17) is 0 Å². The lowest BCUT2D eigenvalue weighted by molar-refractivity contribution is 0.521. The highest BCUT2D eigenvalue weighted by molar-refractivity contribution is 7.85. The van der Waals surface area contributed by atoms with Crippen LogP contribution in [0.1, 0.15) is 27.2 Å². The van der Waals surface area contributed by atoms with Crippen LogP contribution in [0.2, 0.25) is 0 Å². The summed E-state index contributed by atoms with van der Waals surface area (Å²) in [5.41, 5.74) is 0. The Labute approximate surface area is 109 Å². The van der Waals surface area contributed by atoms with Crippen molar-refractivity contribution in [1.29, 1.82) is 0 Å². The molecule has 102 valence electrons. The second-order valence-corrected chi connectivity index (χ2v) is 6.22. The van der Waals surface area contributed by atoms with Crippen molar-refractivity contribution < 1.29 is 13.0 Å². The minimum absolute atomic E-state index is 0.0498. The fraction of sp³-hybridized carbons (Fsp3) is 0.538. The lowest BCUT2D eigenvalue weighted by Crippen LogP contribution is -2.30. The standard InChI is InChI=1S/C13H19F2NOS/c1-4-16-9(2)7-10(3)18(17)13-8-11(14)5-6-12(13)15/h5-6,8-10,16H,4,7H2,1-3H3. The number of halogens is 2. The summed E-state index contributed by atoms with van der Waals surface area (Å²) in [6, 6.07) is 3.26. The molecule has 1 aromatic rings. The van der Waals surface area contributed by atoms with E-state index in [9.17, 15) is 13.0 Å². The maximum Gasteiger partial charge on any atom is 0.139 e. The van der Waals surface area contributed by atoms with Crippen molar-refractivity contribution in [2.24, 2.45) is 0 Å². The molecule has 1 rings (SSSR count). The van der Waals surface area contributed by atoms with Gasteiger partial charge in [-0.05, 0) is 38.1 Å². The highest BCUT2D eigenvalue weighted by Gasteiger charge is 2.19. The first-order chi connectivity index (χ1) is 8.45. The Morgan fingerprint density at radius 3 is 2.61 bits per heavy atom. The van der Waals surface area contributed by atoms with Gasteiger partial charge in [0.15, 0.2) is 0 Å². The van der Waals surface area contributed by atoms with Crippen LogP contribution in [0.5, 0.6) is 0 Å². The van der Waals surface area contributed by atoms with Crippen molar-refractivity contribution in [1.82, 2.24) is 5.32 Å². The molecule has 0 bridgehead atoms. The second-order valence-electron chi connectivity index (χ2n) is 4.38. The maximum absolute atomic E-state index is 13.5. The molecule has 0 aliphatic rings.